The molecule has 1 aliphatic rings. The molecular formula is C15H27N3O8. The zero-order valence-electron chi connectivity index (χ0n) is 15.8. The number of rotatable bonds is 8. The molecule has 2 unspecified atom stereocenters. The summed E-state index contributed by atoms with van der Waals surface area (Å²) in [5.41, 5.74) is -1.46. The predicted molar refractivity (Wildman–Crippen MR) is 88.5 cm³/mol. The van der Waals surface area contributed by atoms with Gasteiger partial charge in [0.1, 0.15) is 6.61 Å². The highest BCUT2D eigenvalue weighted by molar-refractivity contribution is 5.68. The molecule has 26 heavy (non-hydrogen) atoms. The summed E-state index contributed by atoms with van der Waals surface area (Å²) in [6.45, 7) is 8.63. The fraction of sp³-hybridized carbons (Fsp3) is 0.933. The summed E-state index contributed by atoms with van der Waals surface area (Å²) in [7, 11) is 0. The topological polar surface area (TPSA) is 134 Å². The molecule has 1 rings (SSSR count). The molecule has 0 amide bonds. The van der Waals surface area contributed by atoms with Crippen LogP contribution in [0.4, 0.5) is 0 Å². The number of nitrogens with zero attached hydrogens (tertiary/aromatic N) is 3. The summed E-state index contributed by atoms with van der Waals surface area (Å²) < 4.78 is 0. The summed E-state index contributed by atoms with van der Waals surface area (Å²) in [6, 6.07) is 0. The van der Waals surface area contributed by atoms with E-state index in [1.54, 1.807) is 12.0 Å². The molecule has 0 radical (unpaired) electrons. The lowest BCUT2D eigenvalue weighted by Crippen LogP contribution is -2.58. The molecule has 0 bridgehead atoms. The average molecular weight is 377 g/mol. The highest BCUT2D eigenvalue weighted by Gasteiger charge is 2.50. The van der Waals surface area contributed by atoms with E-state index >= 15 is 0 Å². The Bertz CT molecular complexity index is 537. The van der Waals surface area contributed by atoms with Gasteiger partial charge in [0.2, 0.25) is 0 Å². The van der Waals surface area contributed by atoms with E-state index in [0.717, 1.165) is 0 Å². The van der Waals surface area contributed by atoms with Crippen molar-refractivity contribution in [3.8, 4) is 0 Å². The molecule has 0 aromatic carbocycles. The Balaban J connectivity index is 3.17. The van der Waals surface area contributed by atoms with E-state index in [2.05, 4.69) is 9.68 Å². The SMILES string of the molecule is CCC(=O)ON1C(C)(C)CC(CO[N+](=O)[O-])CC(CO[N+](=O)[O-])C1(C)C. The molecule has 150 valence electrons. The van der Waals surface area contributed by atoms with Gasteiger partial charge < -0.3 is 14.5 Å². The third-order valence-electron chi connectivity index (χ3n) is 4.76. The van der Waals surface area contributed by atoms with Gasteiger partial charge >= 0.3 is 5.97 Å². The third kappa shape index (κ3) is 5.68. The van der Waals surface area contributed by atoms with Gasteiger partial charge in [-0.05, 0) is 46.5 Å². The molecule has 1 fully saturated rings. The van der Waals surface area contributed by atoms with Crippen LogP contribution in [0, 0.1) is 32.1 Å². The lowest BCUT2D eigenvalue weighted by molar-refractivity contribution is -0.760. The fourth-order valence-electron chi connectivity index (χ4n) is 3.63. The standard InChI is InChI=1S/C15H27N3O8/c1-6-13(19)26-16-14(2,3)8-11(9-24-17(20)21)7-12(15(16,4)5)10-25-18(22)23/h11-12H,6-10H2,1-5H3. The van der Waals surface area contributed by atoms with Crippen LogP contribution in [0.5, 0.6) is 0 Å². The van der Waals surface area contributed by atoms with E-state index in [-0.39, 0.29) is 25.6 Å². The smallest absolute Gasteiger partial charge is 0.324 e. The zero-order valence-corrected chi connectivity index (χ0v) is 15.8. The number of carbonyl (C=O) groups is 1. The largest absolute Gasteiger partial charge is 0.367 e. The van der Waals surface area contributed by atoms with E-state index in [1.807, 2.05) is 27.7 Å². The molecule has 0 aliphatic carbocycles. The van der Waals surface area contributed by atoms with Gasteiger partial charge in [-0.15, -0.1) is 25.3 Å². The maximum Gasteiger partial charge on any atom is 0.324 e. The highest BCUT2D eigenvalue weighted by atomic mass is 17.0. The molecule has 0 spiro atoms. The maximum absolute atomic E-state index is 11.9. The summed E-state index contributed by atoms with van der Waals surface area (Å²) >= 11 is 0. The Morgan fingerprint density at radius 3 is 2.15 bits per heavy atom. The molecule has 11 nitrogen and oxygen atoms in total. The van der Waals surface area contributed by atoms with Crippen molar-refractivity contribution in [2.24, 2.45) is 11.8 Å². The first kappa shape index (κ1) is 21.9. The van der Waals surface area contributed by atoms with Gasteiger partial charge in [0, 0.05) is 12.3 Å². The Morgan fingerprint density at radius 2 is 1.65 bits per heavy atom. The second-order valence-corrected chi connectivity index (χ2v) is 7.62. The highest BCUT2D eigenvalue weighted by Crippen LogP contribution is 2.43. The summed E-state index contributed by atoms with van der Waals surface area (Å²) in [5.74, 6) is -1.11. The van der Waals surface area contributed by atoms with Gasteiger partial charge in [-0.25, -0.2) is 0 Å². The Hall–Kier alpha value is -2.17. The first-order valence-electron chi connectivity index (χ1n) is 8.45. The van der Waals surface area contributed by atoms with Gasteiger partial charge in [0.05, 0.1) is 17.7 Å². The molecular weight excluding hydrogens is 350 g/mol. The zero-order chi connectivity index (χ0) is 20.1. The Labute approximate surface area is 151 Å². The lowest BCUT2D eigenvalue weighted by Gasteiger charge is -2.47. The number of hydroxylamine groups is 2. The van der Waals surface area contributed by atoms with Crippen molar-refractivity contribution in [1.29, 1.82) is 0 Å². The van der Waals surface area contributed by atoms with Crippen molar-refractivity contribution < 1.29 is 29.5 Å². The number of carbonyl (C=O) groups excluding carboxylic acids is 1. The van der Waals surface area contributed by atoms with Gasteiger partial charge in [-0.2, -0.15) is 0 Å². The lowest BCUT2D eigenvalue weighted by atomic mass is 9.82. The van der Waals surface area contributed by atoms with Gasteiger partial charge in [0.15, 0.2) is 0 Å². The van der Waals surface area contributed by atoms with E-state index in [9.17, 15) is 25.0 Å². The Morgan fingerprint density at radius 1 is 1.12 bits per heavy atom. The van der Waals surface area contributed by atoms with Crippen molar-refractivity contribution in [1.82, 2.24) is 5.06 Å². The monoisotopic (exact) mass is 377 g/mol. The summed E-state index contributed by atoms with van der Waals surface area (Å²) in [6.07, 6.45) is 1.00. The van der Waals surface area contributed by atoms with Gasteiger partial charge in [-0.1, -0.05) is 6.92 Å². The predicted octanol–water partition coefficient (Wildman–Crippen LogP) is 2.16. The molecule has 0 N–H and O–H groups in total. The number of hydrogen-bond donors (Lipinski definition) is 0. The van der Waals surface area contributed by atoms with Crippen molar-refractivity contribution in [2.45, 2.75) is 65.0 Å². The van der Waals surface area contributed by atoms with Crippen molar-refractivity contribution in [2.75, 3.05) is 13.2 Å². The average Bonchev–Trinajstić information content (AvgIpc) is 2.58. The van der Waals surface area contributed by atoms with Crippen LogP contribution in [-0.4, -0.2) is 45.5 Å². The van der Waals surface area contributed by atoms with Gasteiger partial charge in [0.25, 0.3) is 10.2 Å². The van der Waals surface area contributed by atoms with E-state index < -0.39 is 33.1 Å². The molecule has 11 heteroatoms. The van der Waals surface area contributed by atoms with Crippen LogP contribution in [0.25, 0.3) is 0 Å². The normalized spacial score (nSPS) is 25.0. The van der Waals surface area contributed by atoms with Crippen LogP contribution >= 0.6 is 0 Å². The van der Waals surface area contributed by atoms with Gasteiger partial charge in [-0.3, -0.25) is 4.79 Å². The molecule has 1 heterocycles. The molecule has 0 saturated carbocycles. The molecule has 1 aliphatic heterocycles. The Kier molecular flexibility index (Phi) is 7.13. The third-order valence-corrected chi connectivity index (χ3v) is 4.76. The van der Waals surface area contributed by atoms with Crippen molar-refractivity contribution in [3.63, 3.8) is 0 Å². The maximum atomic E-state index is 11.9. The molecule has 0 aromatic heterocycles. The van der Waals surface area contributed by atoms with Crippen LogP contribution in [0.1, 0.15) is 53.9 Å². The molecule has 1 saturated heterocycles. The van der Waals surface area contributed by atoms with Crippen LogP contribution in [0.3, 0.4) is 0 Å². The quantitative estimate of drug-likeness (QED) is 0.460. The van der Waals surface area contributed by atoms with Crippen LogP contribution in [-0.2, 0) is 19.3 Å². The minimum absolute atomic E-state index is 0.142. The van der Waals surface area contributed by atoms with Crippen LogP contribution < -0.4 is 0 Å². The van der Waals surface area contributed by atoms with Crippen LogP contribution in [0.15, 0.2) is 0 Å². The van der Waals surface area contributed by atoms with E-state index in [4.69, 9.17) is 4.84 Å². The van der Waals surface area contributed by atoms with Crippen molar-refractivity contribution >= 4 is 5.97 Å². The van der Waals surface area contributed by atoms with E-state index in [1.165, 1.54) is 0 Å². The molecule has 2 atom stereocenters. The second kappa shape index (κ2) is 8.47. The second-order valence-electron chi connectivity index (χ2n) is 7.62. The van der Waals surface area contributed by atoms with E-state index in [0.29, 0.717) is 12.8 Å². The summed E-state index contributed by atoms with van der Waals surface area (Å²) in [5, 5.41) is 21.0. The van der Waals surface area contributed by atoms with Crippen LogP contribution in [0.2, 0.25) is 0 Å². The fourth-order valence-corrected chi connectivity index (χ4v) is 3.63. The number of hydrogen-bond acceptors (Lipinski definition) is 9. The first-order chi connectivity index (χ1) is 11.9. The molecule has 0 aromatic rings. The summed E-state index contributed by atoms with van der Waals surface area (Å²) in [4.78, 5) is 47.8. The van der Waals surface area contributed by atoms with Crippen molar-refractivity contribution in [3.05, 3.63) is 20.2 Å². The first-order valence-corrected chi connectivity index (χ1v) is 8.45. The minimum atomic E-state index is -0.878. The minimum Gasteiger partial charge on any atom is -0.367 e.